The summed E-state index contributed by atoms with van der Waals surface area (Å²) in [5, 5.41) is 5.34. The Hall–Kier alpha value is -1.94. The molecule has 0 saturated heterocycles. The molecule has 20 heavy (non-hydrogen) atoms. The Balaban J connectivity index is 1.84. The van der Waals surface area contributed by atoms with Gasteiger partial charge in [-0.2, -0.15) is 0 Å². The fourth-order valence-electron chi connectivity index (χ4n) is 2.11. The Morgan fingerprint density at radius 1 is 1.25 bits per heavy atom. The van der Waals surface area contributed by atoms with Crippen molar-refractivity contribution in [3.63, 3.8) is 0 Å². The van der Waals surface area contributed by atoms with E-state index in [0.29, 0.717) is 5.56 Å². The standard InChI is InChI=1S/C16H15FN2S/c1-10-3-4-13(8-14(10)17)19-11(2)12-7-16-15(18-9-12)5-6-20-16/h3-9,11,19H,1-2H3. The molecule has 2 aromatic heterocycles. The van der Waals surface area contributed by atoms with E-state index in [1.807, 2.05) is 30.6 Å². The third kappa shape index (κ3) is 2.51. The molecule has 1 unspecified atom stereocenters. The van der Waals surface area contributed by atoms with Crippen LogP contribution in [0.5, 0.6) is 0 Å². The molecule has 0 aliphatic heterocycles. The SMILES string of the molecule is Cc1ccc(NC(C)c2cnc3ccsc3c2)cc1F. The predicted octanol–water partition coefficient (Wildman–Crippen LogP) is 4.92. The maximum atomic E-state index is 13.5. The van der Waals surface area contributed by atoms with Gasteiger partial charge in [0, 0.05) is 11.9 Å². The molecule has 2 nitrogen and oxygen atoms in total. The number of rotatable bonds is 3. The fraction of sp³-hybridized carbons (Fsp3) is 0.188. The zero-order valence-electron chi connectivity index (χ0n) is 11.4. The first-order chi connectivity index (χ1) is 9.63. The Morgan fingerprint density at radius 2 is 2.10 bits per heavy atom. The Bertz CT molecular complexity index is 751. The highest BCUT2D eigenvalue weighted by Gasteiger charge is 2.08. The predicted molar refractivity (Wildman–Crippen MR) is 82.8 cm³/mol. The van der Waals surface area contributed by atoms with Crippen LogP contribution in [0.25, 0.3) is 10.2 Å². The van der Waals surface area contributed by atoms with E-state index >= 15 is 0 Å². The molecule has 2 heterocycles. The van der Waals surface area contributed by atoms with Crippen LogP contribution in [0.3, 0.4) is 0 Å². The minimum atomic E-state index is -0.186. The van der Waals surface area contributed by atoms with Crippen molar-refractivity contribution in [2.75, 3.05) is 5.32 Å². The zero-order chi connectivity index (χ0) is 14.1. The van der Waals surface area contributed by atoms with Crippen molar-refractivity contribution in [2.24, 2.45) is 0 Å². The van der Waals surface area contributed by atoms with Crippen molar-refractivity contribution in [1.82, 2.24) is 4.98 Å². The summed E-state index contributed by atoms with van der Waals surface area (Å²) < 4.78 is 14.7. The monoisotopic (exact) mass is 286 g/mol. The second kappa shape index (κ2) is 5.21. The van der Waals surface area contributed by atoms with Crippen LogP contribution >= 0.6 is 11.3 Å². The van der Waals surface area contributed by atoms with Gasteiger partial charge in [0.2, 0.25) is 0 Å². The largest absolute Gasteiger partial charge is 0.378 e. The molecular weight excluding hydrogens is 271 g/mol. The second-order valence-electron chi connectivity index (χ2n) is 4.90. The number of pyridine rings is 1. The maximum absolute atomic E-state index is 13.5. The first-order valence-electron chi connectivity index (χ1n) is 6.49. The summed E-state index contributed by atoms with van der Waals surface area (Å²) in [7, 11) is 0. The molecule has 0 radical (unpaired) electrons. The Morgan fingerprint density at radius 3 is 2.90 bits per heavy atom. The van der Waals surface area contributed by atoms with Gasteiger partial charge in [-0.15, -0.1) is 11.3 Å². The van der Waals surface area contributed by atoms with Gasteiger partial charge in [0.25, 0.3) is 0 Å². The molecule has 0 aliphatic carbocycles. The van der Waals surface area contributed by atoms with Gasteiger partial charge in [-0.3, -0.25) is 4.98 Å². The van der Waals surface area contributed by atoms with Crippen molar-refractivity contribution in [3.05, 3.63) is 58.9 Å². The number of nitrogens with zero attached hydrogens (tertiary/aromatic N) is 1. The molecule has 0 amide bonds. The van der Waals surface area contributed by atoms with Crippen molar-refractivity contribution >= 4 is 27.2 Å². The number of aromatic nitrogens is 1. The molecule has 0 bridgehead atoms. The molecule has 102 valence electrons. The highest BCUT2D eigenvalue weighted by atomic mass is 32.1. The Labute approximate surface area is 121 Å². The smallest absolute Gasteiger partial charge is 0.128 e. The quantitative estimate of drug-likeness (QED) is 0.739. The number of hydrogen-bond donors (Lipinski definition) is 1. The number of nitrogens with one attached hydrogen (secondary N) is 1. The third-order valence-electron chi connectivity index (χ3n) is 3.38. The second-order valence-corrected chi connectivity index (χ2v) is 5.85. The number of anilines is 1. The molecular formula is C16H15FN2S. The number of halogens is 1. The van der Waals surface area contributed by atoms with Crippen LogP contribution in [-0.4, -0.2) is 4.98 Å². The maximum Gasteiger partial charge on any atom is 0.128 e. The summed E-state index contributed by atoms with van der Waals surface area (Å²) in [6.45, 7) is 3.81. The van der Waals surface area contributed by atoms with E-state index in [-0.39, 0.29) is 11.9 Å². The summed E-state index contributed by atoms with van der Waals surface area (Å²) >= 11 is 1.68. The lowest BCUT2D eigenvalue weighted by Gasteiger charge is -2.16. The molecule has 0 saturated carbocycles. The van der Waals surface area contributed by atoms with Crippen molar-refractivity contribution in [1.29, 1.82) is 0 Å². The average molecular weight is 286 g/mol. The van der Waals surface area contributed by atoms with E-state index in [0.717, 1.165) is 16.8 Å². The van der Waals surface area contributed by atoms with Crippen LogP contribution in [0.1, 0.15) is 24.1 Å². The number of aryl methyl sites for hydroxylation is 1. The van der Waals surface area contributed by atoms with Crippen molar-refractivity contribution in [2.45, 2.75) is 19.9 Å². The molecule has 4 heteroatoms. The lowest BCUT2D eigenvalue weighted by Crippen LogP contribution is -2.07. The summed E-state index contributed by atoms with van der Waals surface area (Å²) in [4.78, 5) is 4.43. The highest BCUT2D eigenvalue weighted by Crippen LogP contribution is 2.25. The topological polar surface area (TPSA) is 24.9 Å². The molecule has 3 rings (SSSR count). The first kappa shape index (κ1) is 13.1. The van der Waals surface area contributed by atoms with Gasteiger partial charge in [0.1, 0.15) is 5.82 Å². The average Bonchev–Trinajstić information content (AvgIpc) is 2.90. The van der Waals surface area contributed by atoms with Crippen LogP contribution in [0.15, 0.2) is 41.9 Å². The number of fused-ring (bicyclic) bond motifs is 1. The van der Waals surface area contributed by atoms with Gasteiger partial charge < -0.3 is 5.32 Å². The van der Waals surface area contributed by atoms with E-state index in [9.17, 15) is 4.39 Å². The van der Waals surface area contributed by atoms with E-state index < -0.39 is 0 Å². The highest BCUT2D eigenvalue weighted by molar-refractivity contribution is 7.17. The van der Waals surface area contributed by atoms with Crippen molar-refractivity contribution < 1.29 is 4.39 Å². The van der Waals surface area contributed by atoms with Crippen LogP contribution < -0.4 is 5.32 Å². The van der Waals surface area contributed by atoms with E-state index in [1.54, 1.807) is 24.3 Å². The van der Waals surface area contributed by atoms with Gasteiger partial charge in [-0.1, -0.05) is 6.07 Å². The molecule has 0 fully saturated rings. The van der Waals surface area contributed by atoms with E-state index in [1.165, 1.54) is 10.8 Å². The normalized spacial score (nSPS) is 12.6. The van der Waals surface area contributed by atoms with Crippen LogP contribution in [-0.2, 0) is 0 Å². The number of benzene rings is 1. The number of hydrogen-bond acceptors (Lipinski definition) is 3. The minimum Gasteiger partial charge on any atom is -0.378 e. The molecule has 1 N–H and O–H groups in total. The van der Waals surface area contributed by atoms with Gasteiger partial charge in [-0.05, 0) is 54.6 Å². The van der Waals surface area contributed by atoms with Crippen molar-refractivity contribution in [3.8, 4) is 0 Å². The summed E-state index contributed by atoms with van der Waals surface area (Å²) in [6, 6.07) is 9.43. The molecule has 0 spiro atoms. The number of thiophene rings is 1. The van der Waals surface area contributed by atoms with Crippen LogP contribution in [0.4, 0.5) is 10.1 Å². The summed E-state index contributed by atoms with van der Waals surface area (Å²) in [6.07, 6.45) is 1.87. The van der Waals surface area contributed by atoms with Gasteiger partial charge in [0.05, 0.1) is 16.3 Å². The van der Waals surface area contributed by atoms with Crippen LogP contribution in [0, 0.1) is 12.7 Å². The lowest BCUT2D eigenvalue weighted by molar-refractivity contribution is 0.618. The zero-order valence-corrected chi connectivity index (χ0v) is 12.2. The fourth-order valence-corrected chi connectivity index (χ4v) is 2.90. The summed E-state index contributed by atoms with van der Waals surface area (Å²) in [5.41, 5.74) is 3.56. The molecule has 0 aliphatic rings. The van der Waals surface area contributed by atoms with E-state index in [2.05, 4.69) is 16.4 Å². The van der Waals surface area contributed by atoms with Gasteiger partial charge >= 0.3 is 0 Å². The molecule has 1 atom stereocenters. The first-order valence-corrected chi connectivity index (χ1v) is 7.37. The van der Waals surface area contributed by atoms with E-state index in [4.69, 9.17) is 0 Å². The van der Waals surface area contributed by atoms with Gasteiger partial charge in [-0.25, -0.2) is 4.39 Å². The Kier molecular flexibility index (Phi) is 3.40. The van der Waals surface area contributed by atoms with Gasteiger partial charge in [0.15, 0.2) is 0 Å². The molecule has 3 aromatic rings. The lowest BCUT2D eigenvalue weighted by atomic mass is 10.1. The third-order valence-corrected chi connectivity index (χ3v) is 4.23. The van der Waals surface area contributed by atoms with Crippen LogP contribution in [0.2, 0.25) is 0 Å². The molecule has 1 aromatic carbocycles. The summed E-state index contributed by atoms with van der Waals surface area (Å²) in [5.74, 6) is -0.186. The minimum absolute atomic E-state index is 0.0797.